The molecule has 0 radical (unpaired) electrons. The highest BCUT2D eigenvalue weighted by molar-refractivity contribution is 7.21. The van der Waals surface area contributed by atoms with Crippen LogP contribution >= 0.6 is 11.3 Å². The monoisotopic (exact) mass is 304 g/mol. The lowest BCUT2D eigenvalue weighted by Crippen LogP contribution is -2.44. The molecule has 1 saturated heterocycles. The number of pyridine rings is 1. The van der Waals surface area contributed by atoms with E-state index in [9.17, 15) is 9.59 Å². The fourth-order valence-electron chi connectivity index (χ4n) is 2.69. The van der Waals surface area contributed by atoms with Crippen LogP contribution in [0.15, 0.2) is 18.3 Å². The number of amides is 2. The summed E-state index contributed by atoms with van der Waals surface area (Å²) in [5, 5.41) is 2.61. The molecule has 1 aliphatic heterocycles. The molecule has 1 fully saturated rings. The van der Waals surface area contributed by atoms with Gasteiger partial charge in [0.05, 0.1) is 10.4 Å². The number of aromatic nitrogens is 1. The number of likely N-dealkylation sites (N-methyl/N-ethyl adjacent to an activating group) is 1. The van der Waals surface area contributed by atoms with Crippen molar-refractivity contribution in [2.45, 2.75) is 18.9 Å². The molecular formula is C14H16N4O2S. The van der Waals surface area contributed by atoms with E-state index in [2.05, 4.69) is 10.3 Å². The Morgan fingerprint density at radius 2 is 2.33 bits per heavy atom. The van der Waals surface area contributed by atoms with E-state index >= 15 is 0 Å². The number of thiophene rings is 1. The van der Waals surface area contributed by atoms with Crippen LogP contribution in [0.1, 0.15) is 22.5 Å². The number of fused-ring (bicyclic) bond motifs is 1. The number of carbonyl (C=O) groups excluding carboxylic acids is 2. The molecule has 1 atom stereocenters. The van der Waals surface area contributed by atoms with Gasteiger partial charge in [-0.05, 0) is 25.0 Å². The molecule has 6 nitrogen and oxygen atoms in total. The molecule has 1 aliphatic rings. The van der Waals surface area contributed by atoms with Crippen LogP contribution in [0.3, 0.4) is 0 Å². The van der Waals surface area contributed by atoms with E-state index < -0.39 is 6.04 Å². The normalized spacial score (nSPS) is 18.1. The first-order valence-electron chi connectivity index (χ1n) is 6.79. The predicted octanol–water partition coefficient (Wildman–Crippen LogP) is 1.23. The van der Waals surface area contributed by atoms with Crippen LogP contribution in [-0.2, 0) is 4.79 Å². The standard InChI is InChI=1S/C14H16N4O2S/c1-16-13(19)8-4-3-7-18(8)14(20)12-10(15)11-9(21-12)5-2-6-17-11/h2,5-6,8H,3-4,7,15H2,1H3,(H,16,19). The van der Waals surface area contributed by atoms with Gasteiger partial charge in [-0.2, -0.15) is 0 Å². The molecule has 3 rings (SSSR count). The van der Waals surface area contributed by atoms with Gasteiger partial charge in [-0.25, -0.2) is 0 Å². The Morgan fingerprint density at radius 1 is 1.52 bits per heavy atom. The van der Waals surface area contributed by atoms with E-state index in [1.807, 2.05) is 12.1 Å². The first-order chi connectivity index (χ1) is 10.1. The quantitative estimate of drug-likeness (QED) is 0.873. The molecule has 0 spiro atoms. The topological polar surface area (TPSA) is 88.3 Å². The lowest BCUT2D eigenvalue weighted by molar-refractivity contribution is -0.124. The first-order valence-corrected chi connectivity index (χ1v) is 7.60. The van der Waals surface area contributed by atoms with Gasteiger partial charge in [0.2, 0.25) is 5.91 Å². The lowest BCUT2D eigenvalue weighted by Gasteiger charge is -2.22. The molecular weight excluding hydrogens is 288 g/mol. The number of nitrogens with two attached hydrogens (primary N) is 1. The van der Waals surface area contributed by atoms with Gasteiger partial charge in [0.25, 0.3) is 5.91 Å². The number of carbonyl (C=O) groups is 2. The minimum Gasteiger partial charge on any atom is -0.396 e. The van der Waals surface area contributed by atoms with Crippen LogP contribution < -0.4 is 11.1 Å². The Balaban J connectivity index is 1.96. The van der Waals surface area contributed by atoms with Crippen molar-refractivity contribution in [3.63, 3.8) is 0 Å². The van der Waals surface area contributed by atoms with Crippen molar-refractivity contribution in [1.82, 2.24) is 15.2 Å². The molecule has 2 aromatic heterocycles. The number of likely N-dealkylation sites (tertiary alicyclic amines) is 1. The van der Waals surface area contributed by atoms with Gasteiger partial charge in [0.1, 0.15) is 16.4 Å². The fraction of sp³-hybridized carbons (Fsp3) is 0.357. The molecule has 2 amide bonds. The largest absolute Gasteiger partial charge is 0.396 e. The van der Waals surface area contributed by atoms with Gasteiger partial charge < -0.3 is 16.0 Å². The SMILES string of the molecule is CNC(=O)C1CCCN1C(=O)c1sc2cccnc2c1N. The lowest BCUT2D eigenvalue weighted by atomic mass is 10.2. The summed E-state index contributed by atoms with van der Waals surface area (Å²) in [4.78, 5) is 30.9. The Kier molecular flexibility index (Phi) is 3.50. The Bertz CT molecular complexity index is 712. The second-order valence-corrected chi connectivity index (χ2v) is 6.02. The summed E-state index contributed by atoms with van der Waals surface area (Å²) in [5.74, 6) is -0.305. The van der Waals surface area contributed by atoms with Gasteiger partial charge in [0, 0.05) is 19.8 Å². The second kappa shape index (κ2) is 5.33. The number of rotatable bonds is 2. The number of hydrogen-bond donors (Lipinski definition) is 2. The summed E-state index contributed by atoms with van der Waals surface area (Å²) in [6, 6.07) is 3.30. The van der Waals surface area contributed by atoms with Crippen LogP contribution in [0.25, 0.3) is 10.2 Å². The van der Waals surface area contributed by atoms with Gasteiger partial charge in [0.15, 0.2) is 0 Å². The van der Waals surface area contributed by atoms with Gasteiger partial charge >= 0.3 is 0 Å². The van der Waals surface area contributed by atoms with Crippen molar-refractivity contribution in [1.29, 1.82) is 0 Å². The minimum absolute atomic E-state index is 0.126. The third-order valence-corrected chi connectivity index (χ3v) is 4.89. The van der Waals surface area contributed by atoms with Crippen molar-refractivity contribution >= 4 is 39.1 Å². The second-order valence-electron chi connectivity index (χ2n) is 4.97. The Labute approximate surface area is 125 Å². The maximum absolute atomic E-state index is 12.7. The average Bonchev–Trinajstić information content (AvgIpc) is 3.11. The summed E-state index contributed by atoms with van der Waals surface area (Å²) >= 11 is 1.33. The van der Waals surface area contributed by atoms with Gasteiger partial charge in [-0.15, -0.1) is 11.3 Å². The van der Waals surface area contributed by atoms with E-state index in [1.165, 1.54) is 11.3 Å². The van der Waals surface area contributed by atoms with Gasteiger partial charge in [-0.1, -0.05) is 0 Å². The predicted molar refractivity (Wildman–Crippen MR) is 82.2 cm³/mol. The summed E-state index contributed by atoms with van der Waals surface area (Å²) in [6.07, 6.45) is 3.17. The number of hydrogen-bond acceptors (Lipinski definition) is 5. The molecule has 110 valence electrons. The van der Waals surface area contributed by atoms with E-state index in [0.29, 0.717) is 29.0 Å². The maximum atomic E-state index is 12.7. The van der Waals surface area contributed by atoms with E-state index in [4.69, 9.17) is 5.73 Å². The van der Waals surface area contributed by atoms with Crippen LogP contribution in [0, 0.1) is 0 Å². The zero-order valence-corrected chi connectivity index (χ0v) is 12.4. The molecule has 0 saturated carbocycles. The Hall–Kier alpha value is -2.15. The molecule has 3 N–H and O–H groups in total. The van der Waals surface area contributed by atoms with Crippen LogP contribution in [-0.4, -0.2) is 41.3 Å². The third kappa shape index (κ3) is 2.23. The summed E-state index contributed by atoms with van der Waals surface area (Å²) in [5.41, 5.74) is 7.12. The molecule has 1 unspecified atom stereocenters. The molecule has 0 aliphatic carbocycles. The number of nitrogens with zero attached hydrogens (tertiary/aromatic N) is 2. The first kappa shape index (κ1) is 13.8. The van der Waals surface area contributed by atoms with E-state index in [0.717, 1.165) is 11.1 Å². The molecule has 3 heterocycles. The van der Waals surface area contributed by atoms with Crippen molar-refractivity contribution in [3.05, 3.63) is 23.2 Å². The highest BCUT2D eigenvalue weighted by Gasteiger charge is 2.35. The minimum atomic E-state index is -0.403. The average molecular weight is 304 g/mol. The number of nitrogens with one attached hydrogen (secondary N) is 1. The maximum Gasteiger partial charge on any atom is 0.266 e. The Morgan fingerprint density at radius 3 is 3.05 bits per heavy atom. The van der Waals surface area contributed by atoms with Crippen molar-refractivity contribution in [3.8, 4) is 0 Å². The highest BCUT2D eigenvalue weighted by atomic mass is 32.1. The van der Waals surface area contributed by atoms with E-state index in [-0.39, 0.29) is 11.8 Å². The van der Waals surface area contributed by atoms with Crippen LogP contribution in [0.4, 0.5) is 5.69 Å². The van der Waals surface area contributed by atoms with Crippen molar-refractivity contribution < 1.29 is 9.59 Å². The number of anilines is 1. The fourth-order valence-corrected chi connectivity index (χ4v) is 3.72. The zero-order valence-electron chi connectivity index (χ0n) is 11.6. The third-order valence-electron chi connectivity index (χ3n) is 3.74. The van der Waals surface area contributed by atoms with Crippen molar-refractivity contribution in [2.24, 2.45) is 0 Å². The molecule has 21 heavy (non-hydrogen) atoms. The van der Waals surface area contributed by atoms with Gasteiger partial charge in [-0.3, -0.25) is 14.6 Å². The van der Waals surface area contributed by atoms with Crippen LogP contribution in [0.2, 0.25) is 0 Å². The zero-order chi connectivity index (χ0) is 15.0. The molecule has 0 bridgehead atoms. The highest BCUT2D eigenvalue weighted by Crippen LogP contribution is 2.34. The number of nitrogen functional groups attached to an aromatic ring is 1. The van der Waals surface area contributed by atoms with Crippen LogP contribution in [0.5, 0.6) is 0 Å². The van der Waals surface area contributed by atoms with Crippen molar-refractivity contribution in [2.75, 3.05) is 19.3 Å². The molecule has 0 aromatic carbocycles. The summed E-state index contributed by atoms with van der Waals surface area (Å²) in [6.45, 7) is 0.581. The summed E-state index contributed by atoms with van der Waals surface area (Å²) in [7, 11) is 1.58. The molecule has 2 aromatic rings. The smallest absolute Gasteiger partial charge is 0.266 e. The van der Waals surface area contributed by atoms with E-state index in [1.54, 1.807) is 18.1 Å². The summed E-state index contributed by atoms with van der Waals surface area (Å²) < 4.78 is 0.883. The molecule has 7 heteroatoms.